The lowest BCUT2D eigenvalue weighted by Crippen LogP contribution is -2.49. The highest BCUT2D eigenvalue weighted by Gasteiger charge is 2.49. The number of alkyl halides is 9. The number of nitrogens with zero attached hydrogens (tertiary/aromatic N) is 1. The molecule has 1 heterocycles. The fraction of sp³-hybridized carbons (Fsp3) is 0.222. The molecule has 30 heavy (non-hydrogen) atoms. The Kier molecular flexibility index (Phi) is 4.87. The minimum Gasteiger partial charge on any atom is -0.371 e. The maximum atomic E-state index is 13.5. The summed E-state index contributed by atoms with van der Waals surface area (Å²) in [5.41, 5.74) is -8.25. The number of hydrogen-bond acceptors (Lipinski definition) is 2. The van der Waals surface area contributed by atoms with Crippen LogP contribution in [-0.2, 0) is 18.5 Å². The summed E-state index contributed by atoms with van der Waals surface area (Å²) in [7, 11) is 0. The monoisotopic (exact) mass is 442 g/mol. The van der Waals surface area contributed by atoms with Gasteiger partial charge in [0.15, 0.2) is 11.8 Å². The fourth-order valence-electron chi connectivity index (χ4n) is 2.89. The summed E-state index contributed by atoms with van der Waals surface area (Å²) < 4.78 is 125. The van der Waals surface area contributed by atoms with Crippen LogP contribution in [0.2, 0.25) is 0 Å². The van der Waals surface area contributed by atoms with Crippen molar-refractivity contribution in [1.82, 2.24) is 0 Å². The quantitative estimate of drug-likeness (QED) is 0.372. The van der Waals surface area contributed by atoms with Crippen molar-refractivity contribution in [3.05, 3.63) is 69.3 Å². The first-order valence-corrected chi connectivity index (χ1v) is 7.96. The van der Waals surface area contributed by atoms with Crippen LogP contribution >= 0.6 is 0 Å². The minimum absolute atomic E-state index is 0.0317. The standard InChI is InChI=1S/C18H9F9NO2/c1-8-3-2-4-9-7-28(15(29)30-14(8)9)13-11(17(22,23)24)5-10(16(19,20)21)6-12(13)18(25,26)27/h2-7H,1H3/q+1. The normalized spacial score (nSPS) is 13.1. The van der Waals surface area contributed by atoms with Gasteiger partial charge >= 0.3 is 24.3 Å². The van der Waals surface area contributed by atoms with Gasteiger partial charge in [-0.15, -0.1) is 0 Å². The van der Waals surface area contributed by atoms with E-state index < -0.39 is 58.8 Å². The second-order valence-electron chi connectivity index (χ2n) is 6.27. The fourth-order valence-corrected chi connectivity index (χ4v) is 2.89. The molecular weight excluding hydrogens is 433 g/mol. The van der Waals surface area contributed by atoms with Crippen LogP contribution in [0, 0.1) is 6.92 Å². The molecule has 0 saturated carbocycles. The van der Waals surface area contributed by atoms with Gasteiger partial charge in [0.25, 0.3) is 0 Å². The van der Waals surface area contributed by atoms with Crippen LogP contribution < -0.4 is 10.3 Å². The Morgan fingerprint density at radius 2 is 1.37 bits per heavy atom. The van der Waals surface area contributed by atoms with Crippen LogP contribution in [0.4, 0.5) is 39.5 Å². The van der Waals surface area contributed by atoms with E-state index in [2.05, 4.69) is 0 Å². The first kappa shape index (κ1) is 21.7. The van der Waals surface area contributed by atoms with Gasteiger partial charge in [-0.2, -0.15) is 44.3 Å². The van der Waals surface area contributed by atoms with E-state index in [4.69, 9.17) is 4.42 Å². The molecule has 0 spiro atoms. The Hall–Kier alpha value is -3.05. The summed E-state index contributed by atoms with van der Waals surface area (Å²) >= 11 is 0. The number of benzene rings is 2. The van der Waals surface area contributed by atoms with Crippen molar-refractivity contribution in [2.45, 2.75) is 25.5 Å². The van der Waals surface area contributed by atoms with E-state index >= 15 is 0 Å². The van der Waals surface area contributed by atoms with Gasteiger partial charge in [0.05, 0.1) is 10.9 Å². The molecule has 3 aromatic rings. The van der Waals surface area contributed by atoms with Gasteiger partial charge in [0, 0.05) is 0 Å². The van der Waals surface area contributed by atoms with Crippen LogP contribution in [0.25, 0.3) is 16.7 Å². The lowest BCUT2D eigenvalue weighted by Gasteiger charge is -2.17. The van der Waals surface area contributed by atoms with E-state index in [0.29, 0.717) is 11.8 Å². The van der Waals surface area contributed by atoms with Crippen LogP contribution in [0.5, 0.6) is 0 Å². The molecular formula is C18H9F9NO2+. The number of halogens is 9. The molecule has 0 N–H and O–H groups in total. The van der Waals surface area contributed by atoms with Gasteiger partial charge in [-0.05, 0) is 30.7 Å². The molecule has 3 nitrogen and oxygen atoms in total. The Morgan fingerprint density at radius 3 is 1.83 bits per heavy atom. The molecule has 12 heteroatoms. The van der Waals surface area contributed by atoms with Crippen molar-refractivity contribution in [2.75, 3.05) is 0 Å². The maximum Gasteiger partial charge on any atom is 0.608 e. The zero-order valence-corrected chi connectivity index (χ0v) is 14.6. The number of aryl methyl sites for hydroxylation is 1. The van der Waals surface area contributed by atoms with Crippen molar-refractivity contribution in [3.8, 4) is 5.69 Å². The van der Waals surface area contributed by atoms with E-state index in [0.717, 1.165) is 0 Å². The van der Waals surface area contributed by atoms with Crippen LogP contribution in [-0.4, -0.2) is 0 Å². The third-order valence-electron chi connectivity index (χ3n) is 4.19. The third kappa shape index (κ3) is 3.85. The lowest BCUT2D eigenvalue weighted by atomic mass is 10.0. The highest BCUT2D eigenvalue weighted by Crippen LogP contribution is 2.43. The molecule has 0 radical (unpaired) electrons. The average Bonchev–Trinajstić information content (AvgIpc) is 2.58. The predicted octanol–water partition coefficient (Wildman–Crippen LogP) is 5.43. The first-order valence-electron chi connectivity index (χ1n) is 7.96. The van der Waals surface area contributed by atoms with Crippen molar-refractivity contribution < 1.29 is 48.5 Å². The molecule has 1 aromatic heterocycles. The SMILES string of the molecule is Cc1cccc2c[n+](-c3c(C(F)(F)F)cc(C(F)(F)F)cc3C(F)(F)F)c(=O)oc12. The highest BCUT2D eigenvalue weighted by atomic mass is 19.4. The van der Waals surface area contributed by atoms with Crippen molar-refractivity contribution in [3.63, 3.8) is 0 Å². The van der Waals surface area contributed by atoms with Crippen molar-refractivity contribution in [1.29, 1.82) is 0 Å². The van der Waals surface area contributed by atoms with Gasteiger partial charge in [0.2, 0.25) is 5.69 Å². The summed E-state index contributed by atoms with van der Waals surface area (Å²) in [4.78, 5) is 12.3. The van der Waals surface area contributed by atoms with Crippen LogP contribution in [0.3, 0.4) is 0 Å². The first-order chi connectivity index (χ1) is 13.6. The lowest BCUT2D eigenvalue weighted by molar-refractivity contribution is -0.625. The second-order valence-corrected chi connectivity index (χ2v) is 6.27. The summed E-state index contributed by atoms with van der Waals surface area (Å²) in [5.74, 6) is -1.63. The molecule has 0 aliphatic carbocycles. The van der Waals surface area contributed by atoms with E-state index in [9.17, 15) is 44.3 Å². The Balaban J connectivity index is 2.52. The van der Waals surface area contributed by atoms with Gasteiger partial charge < -0.3 is 4.42 Å². The molecule has 0 bridgehead atoms. The molecule has 2 aromatic carbocycles. The highest BCUT2D eigenvalue weighted by molar-refractivity contribution is 5.78. The predicted molar refractivity (Wildman–Crippen MR) is 83.8 cm³/mol. The number of hydrogen-bond donors (Lipinski definition) is 0. The minimum atomic E-state index is -5.64. The Bertz CT molecular complexity index is 1150. The van der Waals surface area contributed by atoms with E-state index in [-0.39, 0.29) is 15.5 Å². The number of aromatic nitrogens is 1. The van der Waals surface area contributed by atoms with Crippen LogP contribution in [0.15, 0.2) is 45.7 Å². The summed E-state index contributed by atoms with van der Waals surface area (Å²) in [6, 6.07) is 3.20. The second kappa shape index (κ2) is 6.74. The molecule has 0 saturated heterocycles. The summed E-state index contributed by atoms with van der Waals surface area (Å²) in [6.45, 7) is 1.48. The van der Waals surface area contributed by atoms with Gasteiger partial charge in [-0.25, -0.2) is 0 Å². The van der Waals surface area contributed by atoms with E-state index in [1.165, 1.54) is 25.1 Å². The zero-order chi connectivity index (χ0) is 22.6. The maximum absolute atomic E-state index is 13.5. The molecule has 160 valence electrons. The summed E-state index contributed by atoms with van der Waals surface area (Å²) in [5, 5.41) is -0.0317. The molecule has 0 aliphatic rings. The summed E-state index contributed by atoms with van der Waals surface area (Å²) in [6.07, 6.45) is -16.1. The molecule has 0 fully saturated rings. The number of fused-ring (bicyclic) bond motifs is 1. The molecule has 3 rings (SSSR count). The molecule has 0 amide bonds. The Labute approximate surface area is 161 Å². The van der Waals surface area contributed by atoms with Gasteiger partial charge in [0.1, 0.15) is 11.1 Å². The van der Waals surface area contributed by atoms with Crippen molar-refractivity contribution in [2.24, 2.45) is 0 Å². The zero-order valence-electron chi connectivity index (χ0n) is 14.6. The number of rotatable bonds is 1. The molecule has 0 atom stereocenters. The topological polar surface area (TPSA) is 34.1 Å². The van der Waals surface area contributed by atoms with E-state index in [1.54, 1.807) is 0 Å². The number of para-hydroxylation sites is 1. The largest absolute Gasteiger partial charge is 0.608 e. The molecule has 0 aliphatic heterocycles. The Morgan fingerprint density at radius 1 is 0.833 bits per heavy atom. The third-order valence-corrected chi connectivity index (χ3v) is 4.19. The smallest absolute Gasteiger partial charge is 0.371 e. The van der Waals surface area contributed by atoms with E-state index in [1.807, 2.05) is 0 Å². The van der Waals surface area contributed by atoms with Crippen LogP contribution in [0.1, 0.15) is 22.3 Å². The van der Waals surface area contributed by atoms with Gasteiger partial charge in [-0.3, -0.25) is 0 Å². The molecule has 0 unspecified atom stereocenters. The average molecular weight is 442 g/mol. The van der Waals surface area contributed by atoms with Crippen molar-refractivity contribution >= 4 is 11.0 Å². The van der Waals surface area contributed by atoms with Gasteiger partial charge in [-0.1, -0.05) is 16.7 Å².